The Morgan fingerprint density at radius 1 is 0.828 bits per heavy atom. The Balaban J connectivity index is 1.35. The van der Waals surface area contributed by atoms with Crippen molar-refractivity contribution in [1.29, 1.82) is 0 Å². The summed E-state index contributed by atoms with van der Waals surface area (Å²) in [7, 11) is 1.92. The summed E-state index contributed by atoms with van der Waals surface area (Å²) in [4.78, 5) is 9.22. The second-order valence-corrected chi connectivity index (χ2v) is 7.88. The summed E-state index contributed by atoms with van der Waals surface area (Å²) >= 11 is 0. The van der Waals surface area contributed by atoms with Gasteiger partial charge in [0, 0.05) is 60.6 Å². The fourth-order valence-corrected chi connectivity index (χ4v) is 4.10. The topological polar surface area (TPSA) is 61.4 Å². The number of aryl methyl sites for hydroxylation is 1. The first-order chi connectivity index (χ1) is 14.2. The van der Waals surface area contributed by atoms with Crippen LogP contribution in [0, 0.1) is 5.92 Å². The summed E-state index contributed by atoms with van der Waals surface area (Å²) in [6.45, 7) is 1.01. The Bertz CT molecular complexity index is 1100. The molecule has 0 radical (unpaired) electrons. The van der Waals surface area contributed by atoms with Gasteiger partial charge in [0.25, 0.3) is 0 Å². The van der Waals surface area contributed by atoms with Gasteiger partial charge in [-0.1, -0.05) is 31.0 Å². The third kappa shape index (κ3) is 3.83. The van der Waals surface area contributed by atoms with Crippen molar-refractivity contribution in [2.45, 2.75) is 32.2 Å². The minimum absolute atomic E-state index is 0.720. The van der Waals surface area contributed by atoms with Crippen LogP contribution in [0.25, 0.3) is 33.6 Å². The minimum atomic E-state index is 0.720. The van der Waals surface area contributed by atoms with Gasteiger partial charge < -0.3 is 0 Å². The van der Waals surface area contributed by atoms with Crippen molar-refractivity contribution < 1.29 is 0 Å². The predicted molar refractivity (Wildman–Crippen MR) is 113 cm³/mol. The molecule has 0 amide bonds. The highest BCUT2D eigenvalue weighted by molar-refractivity contribution is 5.70. The van der Waals surface area contributed by atoms with Crippen molar-refractivity contribution in [3.8, 4) is 33.6 Å². The van der Waals surface area contributed by atoms with Gasteiger partial charge in [-0.05, 0) is 30.4 Å². The lowest BCUT2D eigenvalue weighted by Gasteiger charge is -2.08. The Hall–Kier alpha value is -3.28. The second kappa shape index (κ2) is 7.62. The first kappa shape index (κ1) is 17.8. The second-order valence-electron chi connectivity index (χ2n) is 7.88. The van der Waals surface area contributed by atoms with Crippen LogP contribution in [0.5, 0.6) is 0 Å². The van der Waals surface area contributed by atoms with Gasteiger partial charge in [-0.15, -0.1) is 0 Å². The molecule has 1 aromatic carbocycles. The molecular formula is C23H24N6. The molecular weight excluding hydrogens is 360 g/mol. The Morgan fingerprint density at radius 2 is 1.55 bits per heavy atom. The monoisotopic (exact) mass is 384 g/mol. The zero-order valence-electron chi connectivity index (χ0n) is 16.6. The number of benzene rings is 1. The largest absolute Gasteiger partial charge is 0.275 e. The average Bonchev–Trinajstić information content (AvgIpc) is 3.51. The van der Waals surface area contributed by atoms with E-state index in [0.717, 1.165) is 46.1 Å². The molecule has 0 unspecified atom stereocenters. The van der Waals surface area contributed by atoms with E-state index in [1.807, 2.05) is 50.2 Å². The van der Waals surface area contributed by atoms with Gasteiger partial charge in [0.1, 0.15) is 0 Å². The maximum Gasteiger partial charge on any atom is 0.159 e. The SMILES string of the molecule is Cn1cc(-c2cccc(-c3ncc(-c4cnn(CC5CCCC5)c4)cn3)c2)cn1. The van der Waals surface area contributed by atoms with Crippen molar-refractivity contribution in [2.24, 2.45) is 13.0 Å². The molecule has 0 N–H and O–H groups in total. The Kier molecular flexibility index (Phi) is 4.68. The molecule has 4 aromatic rings. The van der Waals surface area contributed by atoms with Gasteiger partial charge in [-0.3, -0.25) is 9.36 Å². The van der Waals surface area contributed by atoms with Crippen LogP contribution in [0.4, 0.5) is 0 Å². The van der Waals surface area contributed by atoms with Crippen LogP contribution >= 0.6 is 0 Å². The van der Waals surface area contributed by atoms with Crippen molar-refractivity contribution in [1.82, 2.24) is 29.5 Å². The summed E-state index contributed by atoms with van der Waals surface area (Å²) in [5, 5.41) is 8.79. The van der Waals surface area contributed by atoms with E-state index in [1.165, 1.54) is 25.7 Å². The number of nitrogens with zero attached hydrogens (tertiary/aromatic N) is 6. The number of hydrogen-bond donors (Lipinski definition) is 0. The molecule has 1 aliphatic carbocycles. The summed E-state index contributed by atoms with van der Waals surface area (Å²) in [6.07, 6.45) is 17.0. The van der Waals surface area contributed by atoms with E-state index in [4.69, 9.17) is 0 Å². The Labute approximate surface area is 170 Å². The highest BCUT2D eigenvalue weighted by Gasteiger charge is 2.16. The minimum Gasteiger partial charge on any atom is -0.275 e. The van der Waals surface area contributed by atoms with E-state index in [9.17, 15) is 0 Å². The van der Waals surface area contributed by atoms with E-state index >= 15 is 0 Å². The lowest BCUT2D eigenvalue weighted by Crippen LogP contribution is -2.07. The van der Waals surface area contributed by atoms with Gasteiger partial charge in [0.05, 0.1) is 12.4 Å². The molecule has 6 heteroatoms. The molecule has 1 fully saturated rings. The van der Waals surface area contributed by atoms with E-state index in [1.54, 1.807) is 4.68 Å². The molecule has 3 heterocycles. The quantitative estimate of drug-likeness (QED) is 0.505. The lowest BCUT2D eigenvalue weighted by atomic mass is 10.1. The van der Waals surface area contributed by atoms with Gasteiger partial charge in [0.15, 0.2) is 5.82 Å². The molecule has 5 rings (SSSR count). The summed E-state index contributed by atoms with van der Waals surface area (Å²) in [6, 6.07) is 8.25. The predicted octanol–water partition coefficient (Wildman–Crippen LogP) is 4.60. The summed E-state index contributed by atoms with van der Waals surface area (Å²) in [5.41, 5.74) is 5.25. The molecule has 0 aliphatic heterocycles. The van der Waals surface area contributed by atoms with E-state index in [2.05, 4.69) is 43.2 Å². The molecule has 0 spiro atoms. The number of hydrogen-bond acceptors (Lipinski definition) is 4. The average molecular weight is 384 g/mol. The number of aromatic nitrogens is 6. The first-order valence-corrected chi connectivity index (χ1v) is 10.2. The highest BCUT2D eigenvalue weighted by Crippen LogP contribution is 2.27. The van der Waals surface area contributed by atoms with E-state index in [0.29, 0.717) is 0 Å². The third-order valence-corrected chi connectivity index (χ3v) is 5.70. The molecule has 0 atom stereocenters. The lowest BCUT2D eigenvalue weighted by molar-refractivity contribution is 0.429. The molecule has 146 valence electrons. The first-order valence-electron chi connectivity index (χ1n) is 10.2. The summed E-state index contributed by atoms with van der Waals surface area (Å²) < 4.78 is 3.87. The number of rotatable bonds is 5. The van der Waals surface area contributed by atoms with Crippen molar-refractivity contribution >= 4 is 0 Å². The maximum absolute atomic E-state index is 4.61. The smallest absolute Gasteiger partial charge is 0.159 e. The van der Waals surface area contributed by atoms with Crippen molar-refractivity contribution in [3.63, 3.8) is 0 Å². The fraction of sp³-hybridized carbons (Fsp3) is 0.304. The molecule has 0 bridgehead atoms. The van der Waals surface area contributed by atoms with Crippen molar-refractivity contribution in [3.05, 3.63) is 61.4 Å². The van der Waals surface area contributed by atoms with Gasteiger partial charge in [-0.2, -0.15) is 10.2 Å². The fourth-order valence-electron chi connectivity index (χ4n) is 4.10. The molecule has 3 aromatic heterocycles. The van der Waals surface area contributed by atoms with Crippen LogP contribution in [0.3, 0.4) is 0 Å². The van der Waals surface area contributed by atoms with Gasteiger partial charge >= 0.3 is 0 Å². The van der Waals surface area contributed by atoms with Crippen LogP contribution < -0.4 is 0 Å². The van der Waals surface area contributed by atoms with Gasteiger partial charge in [-0.25, -0.2) is 9.97 Å². The van der Waals surface area contributed by atoms with E-state index < -0.39 is 0 Å². The molecule has 1 aliphatic rings. The van der Waals surface area contributed by atoms with Crippen LogP contribution in [0.2, 0.25) is 0 Å². The van der Waals surface area contributed by atoms with E-state index in [-0.39, 0.29) is 0 Å². The molecule has 0 saturated heterocycles. The molecule has 6 nitrogen and oxygen atoms in total. The zero-order valence-corrected chi connectivity index (χ0v) is 16.6. The van der Waals surface area contributed by atoms with Crippen LogP contribution in [0.15, 0.2) is 61.4 Å². The van der Waals surface area contributed by atoms with Crippen molar-refractivity contribution in [2.75, 3.05) is 0 Å². The third-order valence-electron chi connectivity index (χ3n) is 5.70. The maximum atomic E-state index is 4.61. The van der Waals surface area contributed by atoms with Crippen LogP contribution in [0.1, 0.15) is 25.7 Å². The molecule has 29 heavy (non-hydrogen) atoms. The zero-order chi connectivity index (χ0) is 19.6. The highest BCUT2D eigenvalue weighted by atomic mass is 15.3. The van der Waals surface area contributed by atoms with Crippen LogP contribution in [-0.4, -0.2) is 29.5 Å². The summed E-state index contributed by atoms with van der Waals surface area (Å²) in [5.74, 6) is 1.49. The van der Waals surface area contributed by atoms with Crippen LogP contribution in [-0.2, 0) is 13.6 Å². The standard InChI is InChI=1S/C23H24N6/c1-28-15-21(12-26-28)18-7-4-8-19(9-18)23-24-10-20(11-25-23)22-13-27-29(16-22)14-17-5-2-3-6-17/h4,7-13,15-17H,2-3,5-6,14H2,1H3. The van der Waals surface area contributed by atoms with Gasteiger partial charge in [0.2, 0.25) is 0 Å². The Morgan fingerprint density at radius 3 is 2.31 bits per heavy atom. The normalized spacial score (nSPS) is 14.5. The molecule has 1 saturated carbocycles.